The molecule has 22 heavy (non-hydrogen) atoms. The van der Waals surface area contributed by atoms with Crippen LogP contribution in [0.4, 0.5) is 5.69 Å². The smallest absolute Gasteiger partial charge is 0.289 e. The van der Waals surface area contributed by atoms with Crippen LogP contribution in [-0.4, -0.2) is 30.9 Å². The van der Waals surface area contributed by atoms with E-state index < -0.39 is 4.92 Å². The van der Waals surface area contributed by atoms with Crippen molar-refractivity contribution >= 4 is 11.2 Å². The average Bonchev–Trinajstić information content (AvgIpc) is 3.14. The molecular formula is C14H15N5O3. The van der Waals surface area contributed by atoms with Crippen molar-refractivity contribution in [2.24, 2.45) is 0 Å². The third-order valence-corrected chi connectivity index (χ3v) is 3.40. The maximum atomic E-state index is 10.9. The van der Waals surface area contributed by atoms with Gasteiger partial charge < -0.3 is 4.74 Å². The molecule has 8 nitrogen and oxygen atoms in total. The highest BCUT2D eigenvalue weighted by Crippen LogP contribution is 2.27. The van der Waals surface area contributed by atoms with E-state index in [-0.39, 0.29) is 11.9 Å². The number of nitro groups is 1. The normalized spacial score (nSPS) is 12.6. The minimum Gasteiger partial charge on any atom is -0.357 e. The summed E-state index contributed by atoms with van der Waals surface area (Å²) >= 11 is 0. The quantitative estimate of drug-likeness (QED) is 0.534. The van der Waals surface area contributed by atoms with Crippen molar-refractivity contribution in [1.82, 2.24) is 19.4 Å². The highest BCUT2D eigenvalue weighted by molar-refractivity contribution is 5.80. The summed E-state index contributed by atoms with van der Waals surface area (Å²) < 4.78 is 8.71. The fourth-order valence-corrected chi connectivity index (χ4v) is 2.34. The molecular weight excluding hydrogens is 286 g/mol. The van der Waals surface area contributed by atoms with Gasteiger partial charge in [0.25, 0.3) is 5.69 Å². The van der Waals surface area contributed by atoms with Crippen molar-refractivity contribution in [3.8, 4) is 11.1 Å². The van der Waals surface area contributed by atoms with Crippen molar-refractivity contribution in [2.75, 3.05) is 6.61 Å². The first-order valence-electron chi connectivity index (χ1n) is 6.88. The molecule has 1 atom stereocenters. The molecule has 3 aromatic heterocycles. The highest BCUT2D eigenvalue weighted by atomic mass is 16.6. The van der Waals surface area contributed by atoms with Crippen LogP contribution in [0.3, 0.4) is 0 Å². The number of hydrogen-bond donors (Lipinski definition) is 0. The molecule has 3 rings (SSSR count). The number of hydrogen-bond acceptors (Lipinski definition) is 5. The molecule has 0 radical (unpaired) electrons. The number of fused-ring (bicyclic) bond motifs is 1. The Hall–Kier alpha value is -2.74. The van der Waals surface area contributed by atoms with E-state index in [1.54, 1.807) is 17.1 Å². The maximum absolute atomic E-state index is 10.9. The predicted molar refractivity (Wildman–Crippen MR) is 79.4 cm³/mol. The van der Waals surface area contributed by atoms with Crippen molar-refractivity contribution in [3.63, 3.8) is 0 Å². The maximum Gasteiger partial charge on any atom is 0.289 e. The molecule has 0 aromatic carbocycles. The van der Waals surface area contributed by atoms with Crippen LogP contribution in [0.5, 0.6) is 0 Å². The van der Waals surface area contributed by atoms with Gasteiger partial charge in [-0.05, 0) is 19.9 Å². The average molecular weight is 301 g/mol. The molecule has 0 saturated carbocycles. The summed E-state index contributed by atoms with van der Waals surface area (Å²) in [6, 6.07) is 3.32. The van der Waals surface area contributed by atoms with Gasteiger partial charge in [0.05, 0.1) is 16.6 Å². The Bertz CT molecular complexity index is 823. The molecule has 0 N–H and O–H groups in total. The summed E-state index contributed by atoms with van der Waals surface area (Å²) in [5, 5.41) is 19.3. The Morgan fingerprint density at radius 2 is 2.23 bits per heavy atom. The number of aromatic nitrogens is 4. The molecule has 3 aromatic rings. The first kappa shape index (κ1) is 14.2. The second-order valence-electron chi connectivity index (χ2n) is 4.79. The molecule has 0 saturated heterocycles. The molecule has 0 fully saturated rings. The van der Waals surface area contributed by atoms with E-state index in [1.807, 2.05) is 26.1 Å². The number of rotatable bonds is 5. The first-order valence-corrected chi connectivity index (χ1v) is 6.88. The van der Waals surface area contributed by atoms with Gasteiger partial charge in [-0.15, -0.1) is 0 Å². The molecule has 1 unspecified atom stereocenters. The summed E-state index contributed by atoms with van der Waals surface area (Å²) in [7, 11) is 0. The minimum absolute atomic E-state index is 0.00928. The van der Waals surface area contributed by atoms with Crippen LogP contribution in [-0.2, 0) is 4.74 Å². The summed E-state index contributed by atoms with van der Waals surface area (Å²) in [5.74, 6) is 0. The van der Waals surface area contributed by atoms with Crippen LogP contribution in [0.15, 0.2) is 36.9 Å². The Balaban J connectivity index is 2.04. The SMILES string of the molecule is CCOC(C)n1cc(-c2ccnn3cc([N+](=O)[O-])cc23)cn1. The van der Waals surface area contributed by atoms with Crippen LogP contribution in [0, 0.1) is 10.1 Å². The highest BCUT2D eigenvalue weighted by Gasteiger charge is 2.15. The summed E-state index contributed by atoms with van der Waals surface area (Å²) in [6.45, 7) is 4.43. The van der Waals surface area contributed by atoms with E-state index in [9.17, 15) is 10.1 Å². The van der Waals surface area contributed by atoms with Crippen LogP contribution in [0.1, 0.15) is 20.1 Å². The van der Waals surface area contributed by atoms with E-state index in [0.717, 1.165) is 11.1 Å². The first-order chi connectivity index (χ1) is 10.6. The Labute approximate surface area is 126 Å². The lowest BCUT2D eigenvalue weighted by Gasteiger charge is -2.11. The van der Waals surface area contributed by atoms with Crippen LogP contribution >= 0.6 is 0 Å². The van der Waals surface area contributed by atoms with Gasteiger partial charge in [-0.25, -0.2) is 9.20 Å². The largest absolute Gasteiger partial charge is 0.357 e. The zero-order chi connectivity index (χ0) is 15.7. The van der Waals surface area contributed by atoms with Crippen LogP contribution < -0.4 is 0 Å². The zero-order valence-corrected chi connectivity index (χ0v) is 12.2. The third-order valence-electron chi connectivity index (χ3n) is 3.40. The van der Waals surface area contributed by atoms with Gasteiger partial charge in [0, 0.05) is 36.2 Å². The van der Waals surface area contributed by atoms with Gasteiger partial charge in [-0.3, -0.25) is 10.1 Å². The molecule has 0 aliphatic rings. The van der Waals surface area contributed by atoms with Crippen molar-refractivity contribution in [3.05, 3.63) is 47.0 Å². The predicted octanol–water partition coefficient (Wildman–Crippen LogP) is 2.66. The number of nitrogens with zero attached hydrogens (tertiary/aromatic N) is 5. The Morgan fingerprint density at radius 1 is 1.41 bits per heavy atom. The molecule has 3 heterocycles. The van der Waals surface area contributed by atoms with Crippen molar-refractivity contribution in [1.29, 1.82) is 0 Å². The van der Waals surface area contributed by atoms with Gasteiger partial charge in [0.2, 0.25) is 0 Å². The standard InChI is InChI=1S/C14H15N5O3/c1-3-22-10(2)17-8-11(7-16-17)13-4-5-15-18-9-12(19(20)21)6-14(13)18/h4-10H,3H2,1-2H3. The minimum atomic E-state index is -0.432. The fourth-order valence-electron chi connectivity index (χ4n) is 2.34. The Morgan fingerprint density at radius 3 is 2.95 bits per heavy atom. The van der Waals surface area contributed by atoms with Gasteiger partial charge in [0.1, 0.15) is 12.4 Å². The second kappa shape index (κ2) is 5.57. The number of ether oxygens (including phenoxy) is 1. The molecule has 0 aliphatic carbocycles. The fraction of sp³-hybridized carbons (Fsp3) is 0.286. The van der Waals surface area contributed by atoms with E-state index in [4.69, 9.17) is 4.74 Å². The summed E-state index contributed by atoms with van der Waals surface area (Å²) in [6.07, 6.45) is 6.40. The summed E-state index contributed by atoms with van der Waals surface area (Å²) in [5.41, 5.74) is 2.36. The monoisotopic (exact) mass is 301 g/mol. The van der Waals surface area contributed by atoms with Gasteiger partial charge in [-0.2, -0.15) is 10.2 Å². The Kier molecular flexibility index (Phi) is 3.60. The second-order valence-corrected chi connectivity index (χ2v) is 4.79. The van der Waals surface area contributed by atoms with Crippen molar-refractivity contribution in [2.45, 2.75) is 20.1 Å². The molecule has 114 valence electrons. The molecule has 0 bridgehead atoms. The van der Waals surface area contributed by atoms with Crippen LogP contribution in [0.25, 0.3) is 16.6 Å². The zero-order valence-electron chi connectivity index (χ0n) is 12.2. The molecule has 0 amide bonds. The van der Waals surface area contributed by atoms with Crippen LogP contribution in [0.2, 0.25) is 0 Å². The van der Waals surface area contributed by atoms with Crippen molar-refractivity contribution < 1.29 is 9.66 Å². The lowest BCUT2D eigenvalue weighted by Crippen LogP contribution is -2.09. The van der Waals surface area contributed by atoms with E-state index in [2.05, 4.69) is 10.2 Å². The third kappa shape index (κ3) is 2.44. The van der Waals surface area contributed by atoms with E-state index in [0.29, 0.717) is 12.1 Å². The molecule has 0 aliphatic heterocycles. The van der Waals surface area contributed by atoms with Gasteiger partial charge >= 0.3 is 0 Å². The van der Waals surface area contributed by atoms with E-state index >= 15 is 0 Å². The summed E-state index contributed by atoms with van der Waals surface area (Å²) in [4.78, 5) is 10.5. The lowest BCUT2D eigenvalue weighted by atomic mass is 10.1. The van der Waals surface area contributed by atoms with Gasteiger partial charge in [-0.1, -0.05) is 0 Å². The lowest BCUT2D eigenvalue weighted by molar-refractivity contribution is -0.384. The van der Waals surface area contributed by atoms with Gasteiger partial charge in [0.15, 0.2) is 0 Å². The van der Waals surface area contributed by atoms with E-state index in [1.165, 1.54) is 16.8 Å². The molecule has 8 heteroatoms. The topological polar surface area (TPSA) is 87.5 Å². The molecule has 0 spiro atoms.